The lowest BCUT2D eigenvalue weighted by Crippen LogP contribution is -2.11. The summed E-state index contributed by atoms with van der Waals surface area (Å²) in [5.41, 5.74) is 0.977. The zero-order valence-corrected chi connectivity index (χ0v) is 9.28. The van der Waals surface area contributed by atoms with Crippen molar-refractivity contribution in [2.24, 2.45) is 11.1 Å². The SMILES string of the molecule is Clc1ccccc1CON=CC1CCC1. The third-order valence-corrected chi connectivity index (χ3v) is 3.04. The zero-order valence-electron chi connectivity index (χ0n) is 8.53. The van der Waals surface area contributed by atoms with E-state index in [0.29, 0.717) is 12.5 Å². The standard InChI is InChI=1S/C12H14ClNO/c13-12-7-2-1-6-11(12)9-15-14-8-10-4-3-5-10/h1-2,6-8,10H,3-5,9H2. The molecule has 1 fully saturated rings. The minimum Gasteiger partial charge on any atom is -0.391 e. The van der Waals surface area contributed by atoms with Crippen LogP contribution in [0, 0.1) is 5.92 Å². The van der Waals surface area contributed by atoms with Crippen LogP contribution in [-0.2, 0) is 11.4 Å². The van der Waals surface area contributed by atoms with E-state index in [2.05, 4.69) is 5.16 Å². The highest BCUT2D eigenvalue weighted by atomic mass is 35.5. The van der Waals surface area contributed by atoms with Crippen molar-refractivity contribution in [1.82, 2.24) is 0 Å². The molecule has 80 valence electrons. The zero-order chi connectivity index (χ0) is 10.5. The van der Waals surface area contributed by atoms with Gasteiger partial charge in [0, 0.05) is 16.8 Å². The molecule has 1 aliphatic carbocycles. The van der Waals surface area contributed by atoms with Crippen molar-refractivity contribution in [2.75, 3.05) is 0 Å². The Kier molecular flexibility index (Phi) is 3.62. The van der Waals surface area contributed by atoms with Crippen molar-refractivity contribution in [1.29, 1.82) is 0 Å². The van der Waals surface area contributed by atoms with Crippen molar-refractivity contribution in [3.05, 3.63) is 34.9 Å². The molecule has 15 heavy (non-hydrogen) atoms. The Morgan fingerprint density at radius 2 is 2.20 bits per heavy atom. The summed E-state index contributed by atoms with van der Waals surface area (Å²) >= 11 is 5.97. The summed E-state index contributed by atoms with van der Waals surface area (Å²) in [6.45, 7) is 0.447. The molecule has 0 saturated heterocycles. The summed E-state index contributed by atoms with van der Waals surface area (Å²) < 4.78 is 0. The fourth-order valence-electron chi connectivity index (χ4n) is 1.44. The Morgan fingerprint density at radius 3 is 2.87 bits per heavy atom. The smallest absolute Gasteiger partial charge is 0.143 e. The topological polar surface area (TPSA) is 21.6 Å². The van der Waals surface area contributed by atoms with E-state index in [9.17, 15) is 0 Å². The fraction of sp³-hybridized carbons (Fsp3) is 0.417. The van der Waals surface area contributed by atoms with Crippen LogP contribution in [0.5, 0.6) is 0 Å². The van der Waals surface area contributed by atoms with Crippen LogP contribution in [0.2, 0.25) is 5.02 Å². The molecule has 0 amide bonds. The van der Waals surface area contributed by atoms with Gasteiger partial charge in [-0.2, -0.15) is 0 Å². The molecule has 1 aromatic carbocycles. The van der Waals surface area contributed by atoms with Crippen LogP contribution in [-0.4, -0.2) is 6.21 Å². The Hall–Kier alpha value is -1.02. The second-order valence-electron chi connectivity index (χ2n) is 3.81. The number of benzene rings is 1. The largest absolute Gasteiger partial charge is 0.391 e. The van der Waals surface area contributed by atoms with Crippen LogP contribution >= 0.6 is 11.6 Å². The van der Waals surface area contributed by atoms with Crippen LogP contribution < -0.4 is 0 Å². The van der Waals surface area contributed by atoms with Crippen LogP contribution in [0.15, 0.2) is 29.4 Å². The van der Waals surface area contributed by atoms with Gasteiger partial charge in [0.2, 0.25) is 0 Å². The highest BCUT2D eigenvalue weighted by Crippen LogP contribution is 2.24. The predicted molar refractivity (Wildman–Crippen MR) is 62.1 cm³/mol. The molecule has 1 aliphatic rings. The average molecular weight is 224 g/mol. The Bertz CT molecular complexity index is 347. The molecule has 0 N–H and O–H groups in total. The minimum absolute atomic E-state index is 0.447. The van der Waals surface area contributed by atoms with Crippen molar-refractivity contribution >= 4 is 17.8 Å². The molecular weight excluding hydrogens is 210 g/mol. The van der Waals surface area contributed by atoms with E-state index < -0.39 is 0 Å². The van der Waals surface area contributed by atoms with Crippen LogP contribution in [0.1, 0.15) is 24.8 Å². The lowest BCUT2D eigenvalue weighted by molar-refractivity contribution is 0.129. The molecule has 1 aromatic rings. The number of hydrogen-bond acceptors (Lipinski definition) is 2. The van der Waals surface area contributed by atoms with Gasteiger partial charge in [0.05, 0.1) is 0 Å². The van der Waals surface area contributed by atoms with E-state index in [4.69, 9.17) is 16.4 Å². The molecule has 3 heteroatoms. The van der Waals surface area contributed by atoms with Gasteiger partial charge in [0.1, 0.15) is 6.61 Å². The van der Waals surface area contributed by atoms with Crippen LogP contribution in [0.3, 0.4) is 0 Å². The van der Waals surface area contributed by atoms with Gasteiger partial charge in [-0.25, -0.2) is 0 Å². The molecule has 0 unspecified atom stereocenters. The van der Waals surface area contributed by atoms with Crippen LogP contribution in [0.25, 0.3) is 0 Å². The van der Waals surface area contributed by atoms with Crippen molar-refractivity contribution in [2.45, 2.75) is 25.9 Å². The molecular formula is C12H14ClNO. The normalized spacial score (nSPS) is 16.6. The summed E-state index contributed by atoms with van der Waals surface area (Å²) in [5, 5.41) is 4.68. The number of halogens is 1. The van der Waals surface area contributed by atoms with Gasteiger partial charge in [-0.3, -0.25) is 0 Å². The first-order valence-corrected chi connectivity index (χ1v) is 5.63. The molecule has 0 bridgehead atoms. The van der Waals surface area contributed by atoms with Gasteiger partial charge in [-0.15, -0.1) is 0 Å². The lowest BCUT2D eigenvalue weighted by Gasteiger charge is -2.19. The first-order valence-electron chi connectivity index (χ1n) is 5.25. The van der Waals surface area contributed by atoms with Gasteiger partial charge in [-0.1, -0.05) is 41.4 Å². The van der Waals surface area contributed by atoms with Gasteiger partial charge < -0.3 is 4.84 Å². The monoisotopic (exact) mass is 223 g/mol. The molecule has 0 aliphatic heterocycles. The number of oxime groups is 1. The molecule has 2 rings (SSSR count). The second-order valence-corrected chi connectivity index (χ2v) is 4.22. The molecule has 0 atom stereocenters. The van der Waals surface area contributed by atoms with Crippen molar-refractivity contribution < 1.29 is 4.84 Å². The summed E-state index contributed by atoms with van der Waals surface area (Å²) in [6, 6.07) is 7.65. The molecule has 1 saturated carbocycles. The maximum Gasteiger partial charge on any atom is 0.143 e. The van der Waals surface area contributed by atoms with E-state index in [1.165, 1.54) is 19.3 Å². The van der Waals surface area contributed by atoms with Gasteiger partial charge in [-0.05, 0) is 24.8 Å². The second kappa shape index (κ2) is 5.17. The first kappa shape index (κ1) is 10.5. The Balaban J connectivity index is 1.77. The maximum atomic E-state index is 5.97. The highest BCUT2D eigenvalue weighted by molar-refractivity contribution is 6.31. The average Bonchev–Trinajstić information content (AvgIpc) is 2.17. The van der Waals surface area contributed by atoms with E-state index in [-0.39, 0.29) is 0 Å². The Labute approximate surface area is 94.9 Å². The van der Waals surface area contributed by atoms with Gasteiger partial charge in [0.15, 0.2) is 0 Å². The summed E-state index contributed by atoms with van der Waals surface area (Å²) in [5.74, 6) is 0.635. The maximum absolute atomic E-state index is 5.97. The van der Waals surface area contributed by atoms with Crippen molar-refractivity contribution in [3.63, 3.8) is 0 Å². The quantitative estimate of drug-likeness (QED) is 0.564. The Morgan fingerprint density at radius 1 is 1.40 bits per heavy atom. The first-order chi connectivity index (χ1) is 7.36. The number of rotatable bonds is 4. The van der Waals surface area contributed by atoms with E-state index >= 15 is 0 Å². The molecule has 0 radical (unpaired) electrons. The number of hydrogen-bond donors (Lipinski definition) is 0. The molecule has 0 aromatic heterocycles. The van der Waals surface area contributed by atoms with Gasteiger partial charge in [0.25, 0.3) is 0 Å². The molecule has 0 spiro atoms. The molecule has 0 heterocycles. The van der Waals surface area contributed by atoms with E-state index in [1.807, 2.05) is 30.5 Å². The summed E-state index contributed by atoms with van der Waals surface area (Å²) in [4.78, 5) is 5.19. The van der Waals surface area contributed by atoms with E-state index in [0.717, 1.165) is 10.6 Å². The summed E-state index contributed by atoms with van der Waals surface area (Å²) in [6.07, 6.45) is 5.72. The highest BCUT2D eigenvalue weighted by Gasteiger charge is 2.14. The lowest BCUT2D eigenvalue weighted by atomic mass is 9.87. The summed E-state index contributed by atoms with van der Waals surface area (Å²) in [7, 11) is 0. The third-order valence-electron chi connectivity index (χ3n) is 2.67. The number of nitrogens with zero attached hydrogens (tertiary/aromatic N) is 1. The predicted octanol–water partition coefficient (Wildman–Crippen LogP) is 3.64. The third kappa shape index (κ3) is 2.96. The van der Waals surface area contributed by atoms with Gasteiger partial charge >= 0.3 is 0 Å². The fourth-order valence-corrected chi connectivity index (χ4v) is 1.63. The van der Waals surface area contributed by atoms with Crippen LogP contribution in [0.4, 0.5) is 0 Å². The minimum atomic E-state index is 0.447. The molecule has 2 nitrogen and oxygen atoms in total. The van der Waals surface area contributed by atoms with Crippen molar-refractivity contribution in [3.8, 4) is 0 Å². The van der Waals surface area contributed by atoms with E-state index in [1.54, 1.807) is 0 Å².